The van der Waals surface area contributed by atoms with Gasteiger partial charge in [-0.25, -0.2) is 0 Å². The average Bonchev–Trinajstić information content (AvgIpc) is 2.39. The molecule has 0 atom stereocenters. The van der Waals surface area contributed by atoms with Crippen LogP contribution in [-0.2, 0) is 0 Å². The zero-order valence-electron chi connectivity index (χ0n) is 7.00. The number of hydrogen-bond donors (Lipinski definition) is 1. The van der Waals surface area contributed by atoms with E-state index in [1.165, 1.54) is 11.5 Å². The fraction of sp³-hybridized carbons (Fsp3) is 0.625. The highest BCUT2D eigenvalue weighted by Gasteiger charge is 2.09. The zero-order valence-corrected chi connectivity index (χ0v) is 7.82. The second-order valence-electron chi connectivity index (χ2n) is 2.67. The molecular formula is C8H14N2S. The van der Waals surface area contributed by atoms with Crippen molar-refractivity contribution in [3.8, 4) is 0 Å². The highest BCUT2D eigenvalue weighted by Crippen LogP contribution is 2.25. The van der Waals surface area contributed by atoms with Gasteiger partial charge in [0.05, 0.1) is 5.69 Å². The first-order valence-electron chi connectivity index (χ1n) is 4.00. The van der Waals surface area contributed by atoms with Crippen molar-refractivity contribution in [2.75, 3.05) is 5.73 Å². The molecule has 0 aliphatic rings. The van der Waals surface area contributed by atoms with Crippen molar-refractivity contribution in [2.45, 2.75) is 32.6 Å². The largest absolute Gasteiger partial charge is 0.389 e. The van der Waals surface area contributed by atoms with Crippen LogP contribution in [0.2, 0.25) is 0 Å². The van der Waals surface area contributed by atoms with Crippen molar-refractivity contribution >= 4 is 16.5 Å². The smallest absolute Gasteiger partial charge is 0.107 e. The van der Waals surface area contributed by atoms with Gasteiger partial charge in [-0.2, -0.15) is 4.37 Å². The quantitative estimate of drug-likeness (QED) is 0.757. The van der Waals surface area contributed by atoms with Gasteiger partial charge in [-0.3, -0.25) is 0 Å². The molecule has 62 valence electrons. The van der Waals surface area contributed by atoms with Crippen LogP contribution in [0, 0.1) is 0 Å². The summed E-state index contributed by atoms with van der Waals surface area (Å²) < 4.78 is 4.27. The van der Waals surface area contributed by atoms with Crippen LogP contribution in [0.1, 0.15) is 38.3 Å². The predicted molar refractivity (Wildman–Crippen MR) is 49.8 cm³/mol. The number of anilines is 1. The van der Waals surface area contributed by atoms with Crippen molar-refractivity contribution in [1.82, 2.24) is 4.37 Å². The molecule has 0 radical (unpaired) electrons. The van der Waals surface area contributed by atoms with E-state index in [1.807, 2.05) is 6.07 Å². The molecule has 0 amide bonds. The molecule has 0 aliphatic carbocycles. The van der Waals surface area contributed by atoms with Gasteiger partial charge in [0.1, 0.15) is 5.00 Å². The van der Waals surface area contributed by atoms with Crippen molar-refractivity contribution in [1.29, 1.82) is 0 Å². The minimum atomic E-state index is 0.601. The van der Waals surface area contributed by atoms with Crippen LogP contribution in [0.3, 0.4) is 0 Å². The molecule has 1 rings (SSSR count). The van der Waals surface area contributed by atoms with Crippen LogP contribution < -0.4 is 5.73 Å². The van der Waals surface area contributed by atoms with Gasteiger partial charge in [0.25, 0.3) is 0 Å². The van der Waals surface area contributed by atoms with Crippen LogP contribution in [0.15, 0.2) is 6.07 Å². The Morgan fingerprint density at radius 2 is 2.18 bits per heavy atom. The number of rotatable bonds is 3. The number of aromatic nitrogens is 1. The first kappa shape index (κ1) is 8.53. The molecule has 0 bridgehead atoms. The maximum Gasteiger partial charge on any atom is 0.107 e. The molecule has 0 saturated carbocycles. The third kappa shape index (κ3) is 1.93. The molecule has 1 heterocycles. The van der Waals surface area contributed by atoms with Gasteiger partial charge >= 0.3 is 0 Å². The minimum absolute atomic E-state index is 0.601. The number of hydrogen-bond acceptors (Lipinski definition) is 3. The summed E-state index contributed by atoms with van der Waals surface area (Å²) in [6, 6.07) is 1.99. The second kappa shape index (κ2) is 3.72. The van der Waals surface area contributed by atoms with Crippen LogP contribution in [0.5, 0.6) is 0 Å². The second-order valence-corrected chi connectivity index (χ2v) is 3.50. The summed E-state index contributed by atoms with van der Waals surface area (Å²) in [5.41, 5.74) is 6.75. The molecule has 0 fully saturated rings. The summed E-state index contributed by atoms with van der Waals surface area (Å²) in [4.78, 5) is 0. The highest BCUT2D eigenvalue weighted by atomic mass is 32.1. The van der Waals surface area contributed by atoms with E-state index in [2.05, 4.69) is 18.2 Å². The Morgan fingerprint density at radius 1 is 1.55 bits per heavy atom. The van der Waals surface area contributed by atoms with E-state index in [9.17, 15) is 0 Å². The molecule has 0 aliphatic heterocycles. The van der Waals surface area contributed by atoms with Gasteiger partial charge in [0.2, 0.25) is 0 Å². The first-order valence-corrected chi connectivity index (χ1v) is 4.77. The molecular weight excluding hydrogens is 156 g/mol. The molecule has 0 unspecified atom stereocenters. The van der Waals surface area contributed by atoms with Crippen LogP contribution in [-0.4, -0.2) is 4.37 Å². The Hall–Kier alpha value is -0.570. The van der Waals surface area contributed by atoms with Gasteiger partial charge < -0.3 is 5.73 Å². The van der Waals surface area contributed by atoms with Gasteiger partial charge in [-0.05, 0) is 30.4 Å². The van der Waals surface area contributed by atoms with E-state index in [0.29, 0.717) is 5.92 Å². The van der Waals surface area contributed by atoms with Crippen molar-refractivity contribution in [3.05, 3.63) is 11.8 Å². The normalized spacial score (nSPS) is 10.8. The van der Waals surface area contributed by atoms with Crippen LogP contribution in [0.25, 0.3) is 0 Å². The van der Waals surface area contributed by atoms with E-state index < -0.39 is 0 Å². The number of nitrogen functional groups attached to an aromatic ring is 1. The summed E-state index contributed by atoms with van der Waals surface area (Å²) in [5, 5.41) is 0.826. The fourth-order valence-electron chi connectivity index (χ4n) is 1.20. The predicted octanol–water partition coefficient (Wildman–Crippen LogP) is 2.63. The van der Waals surface area contributed by atoms with Gasteiger partial charge in [0.15, 0.2) is 0 Å². The van der Waals surface area contributed by atoms with Crippen LogP contribution in [0.4, 0.5) is 5.00 Å². The van der Waals surface area contributed by atoms with E-state index in [4.69, 9.17) is 5.73 Å². The first-order chi connectivity index (χ1) is 5.27. The Labute approximate surface area is 71.6 Å². The zero-order chi connectivity index (χ0) is 8.27. The molecule has 1 aromatic heterocycles. The Morgan fingerprint density at radius 3 is 2.55 bits per heavy atom. The van der Waals surface area contributed by atoms with E-state index in [1.54, 1.807) is 0 Å². The summed E-state index contributed by atoms with van der Waals surface area (Å²) in [6.07, 6.45) is 2.30. The maximum atomic E-state index is 5.58. The summed E-state index contributed by atoms with van der Waals surface area (Å²) in [7, 11) is 0. The lowest BCUT2D eigenvalue weighted by atomic mass is 10.00. The average molecular weight is 170 g/mol. The molecule has 2 nitrogen and oxygen atoms in total. The topological polar surface area (TPSA) is 38.9 Å². The minimum Gasteiger partial charge on any atom is -0.389 e. The third-order valence-corrected chi connectivity index (χ3v) is 2.58. The third-order valence-electron chi connectivity index (χ3n) is 1.95. The van der Waals surface area contributed by atoms with Crippen molar-refractivity contribution < 1.29 is 0 Å². The van der Waals surface area contributed by atoms with Crippen molar-refractivity contribution in [3.63, 3.8) is 0 Å². The van der Waals surface area contributed by atoms with Gasteiger partial charge in [-0.1, -0.05) is 13.8 Å². The lowest BCUT2D eigenvalue weighted by molar-refractivity contribution is 0.630. The standard InChI is InChI=1S/C8H14N2S/c1-3-6(4-2)7-5-8(9)11-10-7/h5-6H,3-4,9H2,1-2H3. The Bertz CT molecular complexity index is 216. The summed E-state index contributed by atoms with van der Waals surface area (Å²) in [6.45, 7) is 4.37. The SMILES string of the molecule is CCC(CC)c1cc(N)sn1. The van der Waals surface area contributed by atoms with E-state index in [0.717, 1.165) is 23.5 Å². The molecule has 1 aromatic rings. The van der Waals surface area contributed by atoms with Crippen molar-refractivity contribution in [2.24, 2.45) is 0 Å². The number of nitrogens with two attached hydrogens (primary N) is 1. The highest BCUT2D eigenvalue weighted by molar-refractivity contribution is 7.10. The molecule has 2 N–H and O–H groups in total. The summed E-state index contributed by atoms with van der Waals surface area (Å²) in [5.74, 6) is 0.601. The molecule has 0 spiro atoms. The summed E-state index contributed by atoms with van der Waals surface area (Å²) >= 11 is 1.39. The van der Waals surface area contributed by atoms with Gasteiger partial charge in [0, 0.05) is 5.92 Å². The monoisotopic (exact) mass is 170 g/mol. The number of nitrogens with zero attached hydrogens (tertiary/aromatic N) is 1. The molecule has 3 heteroatoms. The molecule has 11 heavy (non-hydrogen) atoms. The Kier molecular flexibility index (Phi) is 2.88. The lowest BCUT2D eigenvalue weighted by Crippen LogP contribution is -1.94. The van der Waals surface area contributed by atoms with Crippen LogP contribution >= 0.6 is 11.5 Å². The lowest BCUT2D eigenvalue weighted by Gasteiger charge is -2.06. The molecule has 0 saturated heterocycles. The molecule has 0 aromatic carbocycles. The maximum absolute atomic E-state index is 5.58. The Balaban J connectivity index is 2.73. The van der Waals surface area contributed by atoms with E-state index in [-0.39, 0.29) is 0 Å². The van der Waals surface area contributed by atoms with Gasteiger partial charge in [-0.15, -0.1) is 0 Å². The fourth-order valence-corrected chi connectivity index (χ4v) is 1.79. The van der Waals surface area contributed by atoms with E-state index >= 15 is 0 Å².